The van der Waals surface area contributed by atoms with Gasteiger partial charge in [0.2, 0.25) is 10.0 Å². The molecule has 0 radical (unpaired) electrons. The second kappa shape index (κ2) is 7.71. The van der Waals surface area contributed by atoms with Gasteiger partial charge in [-0.05, 0) is 51.3 Å². The lowest BCUT2D eigenvalue weighted by Crippen LogP contribution is -2.36. The van der Waals surface area contributed by atoms with Crippen molar-refractivity contribution >= 4 is 21.4 Å². The number of benzene rings is 1. The minimum Gasteiger partial charge on any atom is -0.356 e. The smallest absolute Gasteiger partial charge is 0.293 e. The topological polar surface area (TPSA) is 123 Å². The Morgan fingerprint density at radius 1 is 1.17 bits per heavy atom. The fourth-order valence-corrected chi connectivity index (χ4v) is 4.99. The van der Waals surface area contributed by atoms with E-state index >= 15 is 0 Å². The summed E-state index contributed by atoms with van der Waals surface area (Å²) in [5.41, 5.74) is 0.203. The maximum absolute atomic E-state index is 12.1. The van der Waals surface area contributed by atoms with Gasteiger partial charge in [0.1, 0.15) is 11.5 Å². The van der Waals surface area contributed by atoms with Crippen LogP contribution >= 0.6 is 0 Å². The number of nitro groups is 1. The minimum atomic E-state index is -3.77. The van der Waals surface area contributed by atoms with Crippen molar-refractivity contribution in [1.82, 2.24) is 19.5 Å². The summed E-state index contributed by atoms with van der Waals surface area (Å²) in [6, 6.07) is 3.97. The SMILES string of the molecule is CNS(=O)(=O)c1ccc(N2CCCCC2c2nnc3n2CCCC3)c([N+](=O)[O-])c1. The molecule has 10 nitrogen and oxygen atoms in total. The molecule has 4 rings (SSSR count). The molecule has 1 saturated heterocycles. The Balaban J connectivity index is 1.77. The first kappa shape index (κ1) is 19.8. The maximum atomic E-state index is 12.1. The number of rotatable bonds is 5. The van der Waals surface area contributed by atoms with E-state index in [1.807, 2.05) is 4.90 Å². The van der Waals surface area contributed by atoms with Crippen molar-refractivity contribution in [2.24, 2.45) is 0 Å². The molecule has 1 aromatic heterocycles. The number of aryl methyl sites for hydroxylation is 1. The zero-order chi connectivity index (χ0) is 20.6. The third-order valence-electron chi connectivity index (χ3n) is 5.72. The number of aromatic nitrogens is 3. The maximum Gasteiger partial charge on any atom is 0.293 e. The summed E-state index contributed by atoms with van der Waals surface area (Å²) >= 11 is 0. The van der Waals surface area contributed by atoms with E-state index in [4.69, 9.17) is 0 Å². The molecular weight excluding hydrogens is 396 g/mol. The molecule has 2 aliphatic heterocycles. The Hall–Kier alpha value is -2.53. The number of hydrogen-bond donors (Lipinski definition) is 1. The standard InChI is InChI=1S/C18H24N6O4S/c1-19-29(27,28)13-8-9-14(16(12-13)24(25)26)22-10-4-2-6-15(22)18-21-20-17-7-3-5-11-23(17)18/h8-9,12,15,19H,2-7,10-11H2,1H3. The van der Waals surface area contributed by atoms with Crippen LogP contribution in [0.1, 0.15) is 49.8 Å². The van der Waals surface area contributed by atoms with Gasteiger partial charge in [-0.1, -0.05) is 0 Å². The highest BCUT2D eigenvalue weighted by molar-refractivity contribution is 7.89. The van der Waals surface area contributed by atoms with E-state index in [0.29, 0.717) is 12.2 Å². The van der Waals surface area contributed by atoms with Crippen LogP contribution in [-0.4, -0.2) is 41.7 Å². The Kier molecular flexibility index (Phi) is 5.26. The summed E-state index contributed by atoms with van der Waals surface area (Å²) < 4.78 is 28.6. The van der Waals surface area contributed by atoms with Crippen LogP contribution in [0.3, 0.4) is 0 Å². The lowest BCUT2D eigenvalue weighted by Gasteiger charge is -2.37. The van der Waals surface area contributed by atoms with Gasteiger partial charge >= 0.3 is 0 Å². The molecule has 2 aliphatic rings. The van der Waals surface area contributed by atoms with Crippen molar-refractivity contribution < 1.29 is 13.3 Å². The monoisotopic (exact) mass is 420 g/mol. The quantitative estimate of drug-likeness (QED) is 0.581. The number of hydrogen-bond acceptors (Lipinski definition) is 7. The fourth-order valence-electron chi connectivity index (χ4n) is 4.24. The molecule has 1 N–H and O–H groups in total. The molecular formula is C18H24N6O4S. The van der Waals surface area contributed by atoms with E-state index in [9.17, 15) is 18.5 Å². The van der Waals surface area contributed by atoms with Crippen LogP contribution < -0.4 is 9.62 Å². The molecule has 0 bridgehead atoms. The molecule has 1 fully saturated rings. The predicted molar refractivity (Wildman–Crippen MR) is 106 cm³/mol. The van der Waals surface area contributed by atoms with E-state index in [1.54, 1.807) is 0 Å². The molecule has 11 heteroatoms. The summed E-state index contributed by atoms with van der Waals surface area (Å²) in [6.07, 6.45) is 5.80. The summed E-state index contributed by atoms with van der Waals surface area (Å²) in [4.78, 5) is 13.1. The van der Waals surface area contributed by atoms with Crippen LogP contribution in [0.25, 0.3) is 0 Å². The first-order valence-corrected chi connectivity index (χ1v) is 11.3. The van der Waals surface area contributed by atoms with Gasteiger partial charge in [0.05, 0.1) is 15.9 Å². The molecule has 1 unspecified atom stereocenters. The normalized spacial score (nSPS) is 19.8. The number of sulfonamides is 1. The number of nitrogens with zero attached hydrogens (tertiary/aromatic N) is 5. The number of fused-ring (bicyclic) bond motifs is 1. The lowest BCUT2D eigenvalue weighted by molar-refractivity contribution is -0.384. The van der Waals surface area contributed by atoms with E-state index in [2.05, 4.69) is 19.5 Å². The molecule has 2 aromatic rings. The van der Waals surface area contributed by atoms with Gasteiger partial charge in [0.15, 0.2) is 5.82 Å². The van der Waals surface area contributed by atoms with Crippen LogP contribution in [0.15, 0.2) is 23.1 Å². The molecule has 0 saturated carbocycles. The van der Waals surface area contributed by atoms with Crippen molar-refractivity contribution in [1.29, 1.82) is 0 Å². The average Bonchev–Trinajstić information content (AvgIpc) is 3.17. The Morgan fingerprint density at radius 3 is 2.72 bits per heavy atom. The van der Waals surface area contributed by atoms with E-state index in [-0.39, 0.29) is 16.6 Å². The van der Waals surface area contributed by atoms with Gasteiger partial charge in [-0.25, -0.2) is 13.1 Å². The fraction of sp³-hybridized carbons (Fsp3) is 0.556. The molecule has 29 heavy (non-hydrogen) atoms. The molecule has 1 aromatic carbocycles. The van der Waals surface area contributed by atoms with Crippen LogP contribution in [0.4, 0.5) is 11.4 Å². The summed E-state index contributed by atoms with van der Waals surface area (Å²) in [5, 5.41) is 20.6. The van der Waals surface area contributed by atoms with Crippen molar-refractivity contribution in [2.75, 3.05) is 18.5 Å². The second-order valence-electron chi connectivity index (χ2n) is 7.40. The van der Waals surface area contributed by atoms with Crippen LogP contribution in [0.5, 0.6) is 0 Å². The molecule has 0 amide bonds. The van der Waals surface area contributed by atoms with E-state index in [1.165, 1.54) is 19.2 Å². The molecule has 0 aliphatic carbocycles. The highest BCUT2D eigenvalue weighted by Gasteiger charge is 2.34. The first-order valence-electron chi connectivity index (χ1n) is 9.83. The van der Waals surface area contributed by atoms with Crippen molar-refractivity contribution in [3.05, 3.63) is 40.0 Å². The largest absolute Gasteiger partial charge is 0.356 e. The summed E-state index contributed by atoms with van der Waals surface area (Å²) in [5.74, 6) is 1.82. The second-order valence-corrected chi connectivity index (χ2v) is 9.29. The predicted octanol–water partition coefficient (Wildman–Crippen LogP) is 2.16. The van der Waals surface area contributed by atoms with Gasteiger partial charge in [0, 0.05) is 25.6 Å². The lowest BCUT2D eigenvalue weighted by atomic mass is 9.99. The zero-order valence-corrected chi connectivity index (χ0v) is 17.1. The number of nitrogens with one attached hydrogen (secondary N) is 1. The number of nitro benzene ring substituents is 1. The van der Waals surface area contributed by atoms with E-state index < -0.39 is 14.9 Å². The first-order chi connectivity index (χ1) is 13.9. The highest BCUT2D eigenvalue weighted by Crippen LogP contribution is 2.40. The van der Waals surface area contributed by atoms with Crippen LogP contribution in [0, 0.1) is 10.1 Å². The van der Waals surface area contributed by atoms with E-state index in [0.717, 1.165) is 62.8 Å². The van der Waals surface area contributed by atoms with Gasteiger partial charge in [0.25, 0.3) is 5.69 Å². The third kappa shape index (κ3) is 3.60. The van der Waals surface area contributed by atoms with Gasteiger partial charge < -0.3 is 9.47 Å². The molecule has 3 heterocycles. The third-order valence-corrected chi connectivity index (χ3v) is 7.13. The highest BCUT2D eigenvalue weighted by atomic mass is 32.2. The van der Waals surface area contributed by atoms with Crippen LogP contribution in [-0.2, 0) is 23.0 Å². The number of anilines is 1. The Morgan fingerprint density at radius 2 is 1.97 bits per heavy atom. The number of piperidine rings is 1. The Bertz CT molecular complexity index is 1030. The average molecular weight is 420 g/mol. The van der Waals surface area contributed by atoms with Crippen molar-refractivity contribution in [3.8, 4) is 0 Å². The summed E-state index contributed by atoms with van der Waals surface area (Å²) in [7, 11) is -2.49. The van der Waals surface area contributed by atoms with Crippen molar-refractivity contribution in [3.63, 3.8) is 0 Å². The van der Waals surface area contributed by atoms with Crippen LogP contribution in [0.2, 0.25) is 0 Å². The molecule has 0 spiro atoms. The Labute approximate surface area is 169 Å². The van der Waals surface area contributed by atoms with Gasteiger partial charge in [-0.2, -0.15) is 0 Å². The zero-order valence-electron chi connectivity index (χ0n) is 16.2. The van der Waals surface area contributed by atoms with Crippen molar-refractivity contribution in [2.45, 2.75) is 56.0 Å². The van der Waals surface area contributed by atoms with Gasteiger partial charge in [-0.3, -0.25) is 10.1 Å². The molecule has 156 valence electrons. The molecule has 1 atom stereocenters. The minimum absolute atomic E-state index is 0.117. The summed E-state index contributed by atoms with van der Waals surface area (Å²) in [6.45, 7) is 1.51. The van der Waals surface area contributed by atoms with Gasteiger partial charge in [-0.15, -0.1) is 10.2 Å².